The van der Waals surface area contributed by atoms with E-state index in [1.807, 2.05) is 6.07 Å². The third-order valence-corrected chi connectivity index (χ3v) is 3.98. The van der Waals surface area contributed by atoms with Crippen molar-refractivity contribution < 1.29 is 13.2 Å². The standard InChI is InChI=1S/C17H16F3N7/c1-16(2,22-4)27-13-7-5-6-12(10(13)8-24-27)25-15-23-9-11(17(18,19)20)14(21-3)26-15/h5-9H,1-3H3,(H2,21,23,25,26). The third-order valence-electron chi connectivity index (χ3n) is 3.98. The molecule has 0 saturated carbocycles. The molecule has 27 heavy (non-hydrogen) atoms. The minimum Gasteiger partial charge on any atom is -0.372 e. The van der Waals surface area contributed by atoms with Gasteiger partial charge >= 0.3 is 11.8 Å². The lowest BCUT2D eigenvalue weighted by Gasteiger charge is -2.14. The number of rotatable bonds is 4. The van der Waals surface area contributed by atoms with Gasteiger partial charge in [-0.2, -0.15) is 27.9 Å². The van der Waals surface area contributed by atoms with E-state index in [1.165, 1.54) is 7.05 Å². The summed E-state index contributed by atoms with van der Waals surface area (Å²) in [6, 6.07) is 5.30. The van der Waals surface area contributed by atoms with Crippen molar-refractivity contribution in [3.8, 4) is 0 Å². The van der Waals surface area contributed by atoms with Gasteiger partial charge in [0.05, 0.1) is 17.4 Å². The number of alkyl halides is 3. The van der Waals surface area contributed by atoms with Crippen molar-refractivity contribution >= 4 is 28.4 Å². The molecule has 7 nitrogen and oxygen atoms in total. The second-order valence-corrected chi connectivity index (χ2v) is 6.23. The fraction of sp³-hybridized carbons (Fsp3) is 0.294. The number of aromatic nitrogens is 4. The second kappa shape index (κ2) is 6.42. The van der Waals surface area contributed by atoms with Crippen molar-refractivity contribution in [3.05, 3.63) is 47.6 Å². The molecule has 2 aromatic heterocycles. The van der Waals surface area contributed by atoms with Crippen LogP contribution >= 0.6 is 0 Å². The van der Waals surface area contributed by atoms with Gasteiger partial charge in [-0.3, -0.25) is 4.85 Å². The summed E-state index contributed by atoms with van der Waals surface area (Å²) in [5.41, 5.74) is -0.534. The third kappa shape index (κ3) is 3.36. The Morgan fingerprint density at radius 2 is 1.93 bits per heavy atom. The van der Waals surface area contributed by atoms with E-state index in [0.29, 0.717) is 16.6 Å². The zero-order valence-corrected chi connectivity index (χ0v) is 14.8. The molecule has 0 amide bonds. The van der Waals surface area contributed by atoms with Crippen LogP contribution in [0.4, 0.5) is 30.6 Å². The van der Waals surface area contributed by atoms with Crippen LogP contribution in [0.5, 0.6) is 0 Å². The second-order valence-electron chi connectivity index (χ2n) is 6.23. The maximum Gasteiger partial charge on any atom is 0.421 e. The zero-order chi connectivity index (χ0) is 19.8. The van der Waals surface area contributed by atoms with E-state index in [0.717, 1.165) is 6.20 Å². The van der Waals surface area contributed by atoms with Crippen LogP contribution in [0.25, 0.3) is 15.7 Å². The number of nitrogens with one attached hydrogen (secondary N) is 2. The molecule has 3 rings (SSSR count). The molecule has 10 heteroatoms. The topological polar surface area (TPSA) is 72.0 Å². The SMILES string of the molecule is [C-]#[N+]C(C)(C)n1ncc2c(Nc3ncc(C(F)(F)F)c(NC)n3)cccc21. The number of hydrogen-bond donors (Lipinski definition) is 2. The molecule has 1 aromatic carbocycles. The predicted molar refractivity (Wildman–Crippen MR) is 95.5 cm³/mol. The van der Waals surface area contributed by atoms with Gasteiger partial charge in [0.1, 0.15) is 11.4 Å². The number of benzene rings is 1. The van der Waals surface area contributed by atoms with E-state index < -0.39 is 17.4 Å². The lowest BCUT2D eigenvalue weighted by atomic mass is 10.2. The average molecular weight is 375 g/mol. The molecule has 3 aromatic rings. The Morgan fingerprint density at radius 1 is 1.19 bits per heavy atom. The minimum absolute atomic E-state index is 0.0111. The van der Waals surface area contributed by atoms with Crippen LogP contribution in [0.3, 0.4) is 0 Å². The van der Waals surface area contributed by atoms with Gasteiger partial charge in [0.15, 0.2) is 0 Å². The van der Waals surface area contributed by atoms with Gasteiger partial charge in [-0.05, 0) is 12.1 Å². The van der Waals surface area contributed by atoms with E-state index >= 15 is 0 Å². The van der Waals surface area contributed by atoms with Crippen LogP contribution in [0.2, 0.25) is 0 Å². The van der Waals surface area contributed by atoms with E-state index in [2.05, 4.69) is 30.5 Å². The highest BCUT2D eigenvalue weighted by molar-refractivity contribution is 5.92. The molecule has 2 heterocycles. The van der Waals surface area contributed by atoms with E-state index in [4.69, 9.17) is 6.57 Å². The van der Waals surface area contributed by atoms with E-state index in [9.17, 15) is 13.2 Å². The number of nitrogens with zero attached hydrogens (tertiary/aromatic N) is 5. The fourth-order valence-corrected chi connectivity index (χ4v) is 2.60. The van der Waals surface area contributed by atoms with Crippen LogP contribution in [0, 0.1) is 6.57 Å². The quantitative estimate of drug-likeness (QED) is 0.668. The Morgan fingerprint density at radius 3 is 2.56 bits per heavy atom. The van der Waals surface area contributed by atoms with Crippen molar-refractivity contribution in [2.45, 2.75) is 25.7 Å². The summed E-state index contributed by atoms with van der Waals surface area (Å²) in [6.07, 6.45) is -2.23. The lowest BCUT2D eigenvalue weighted by Crippen LogP contribution is -2.22. The fourth-order valence-electron chi connectivity index (χ4n) is 2.60. The van der Waals surface area contributed by atoms with Crippen LogP contribution in [-0.4, -0.2) is 26.8 Å². The summed E-state index contributed by atoms with van der Waals surface area (Å²) in [7, 11) is 1.36. The molecule has 0 aliphatic rings. The molecule has 0 saturated heterocycles. The van der Waals surface area contributed by atoms with Crippen molar-refractivity contribution in [1.82, 2.24) is 19.7 Å². The zero-order valence-electron chi connectivity index (χ0n) is 14.8. The molecule has 0 aliphatic heterocycles. The first-order chi connectivity index (χ1) is 12.7. The molecule has 0 fully saturated rings. The molecule has 2 N–H and O–H groups in total. The van der Waals surface area contributed by atoms with Crippen molar-refractivity contribution in [1.29, 1.82) is 0 Å². The Hall–Kier alpha value is -3.35. The minimum atomic E-state index is -4.55. The summed E-state index contributed by atoms with van der Waals surface area (Å²) in [5.74, 6) is -0.311. The monoisotopic (exact) mass is 375 g/mol. The van der Waals surface area contributed by atoms with Crippen LogP contribution in [0.1, 0.15) is 19.4 Å². The van der Waals surface area contributed by atoms with E-state index in [1.54, 1.807) is 36.9 Å². The van der Waals surface area contributed by atoms with Gasteiger partial charge in [0.25, 0.3) is 0 Å². The highest BCUT2D eigenvalue weighted by Crippen LogP contribution is 2.34. The first-order valence-electron chi connectivity index (χ1n) is 7.92. The van der Waals surface area contributed by atoms with Gasteiger partial charge in [-0.15, -0.1) is 0 Å². The van der Waals surface area contributed by atoms with Crippen LogP contribution in [0.15, 0.2) is 30.6 Å². The van der Waals surface area contributed by atoms with Crippen molar-refractivity contribution in [2.24, 2.45) is 0 Å². The van der Waals surface area contributed by atoms with Gasteiger partial charge in [-0.25, -0.2) is 11.6 Å². The largest absolute Gasteiger partial charge is 0.421 e. The van der Waals surface area contributed by atoms with E-state index in [-0.39, 0.29) is 11.8 Å². The summed E-state index contributed by atoms with van der Waals surface area (Å²) >= 11 is 0. The molecular weight excluding hydrogens is 359 g/mol. The van der Waals surface area contributed by atoms with Gasteiger partial charge in [-0.1, -0.05) is 6.07 Å². The maximum atomic E-state index is 13.0. The maximum absolute atomic E-state index is 13.0. The molecule has 0 atom stereocenters. The van der Waals surface area contributed by atoms with Crippen molar-refractivity contribution in [3.63, 3.8) is 0 Å². The van der Waals surface area contributed by atoms with Gasteiger partial charge < -0.3 is 10.6 Å². The Balaban J connectivity index is 2.02. The summed E-state index contributed by atoms with van der Waals surface area (Å²) < 4.78 is 40.5. The number of hydrogen-bond acceptors (Lipinski definition) is 5. The van der Waals surface area contributed by atoms with Crippen LogP contribution in [-0.2, 0) is 11.8 Å². The average Bonchev–Trinajstić information content (AvgIpc) is 3.06. The van der Waals surface area contributed by atoms with Crippen LogP contribution < -0.4 is 10.6 Å². The van der Waals surface area contributed by atoms with Crippen molar-refractivity contribution in [2.75, 3.05) is 17.7 Å². The number of fused-ring (bicyclic) bond motifs is 1. The van der Waals surface area contributed by atoms with Gasteiger partial charge in [0.2, 0.25) is 5.95 Å². The molecule has 0 unspecified atom stereocenters. The predicted octanol–water partition coefficient (Wildman–Crippen LogP) is 4.24. The first kappa shape index (κ1) is 18.4. The highest BCUT2D eigenvalue weighted by atomic mass is 19.4. The highest BCUT2D eigenvalue weighted by Gasteiger charge is 2.35. The van der Waals surface area contributed by atoms with Gasteiger partial charge in [0, 0.05) is 32.5 Å². The Bertz CT molecular complexity index is 1030. The lowest BCUT2D eigenvalue weighted by molar-refractivity contribution is -0.137. The molecule has 0 bridgehead atoms. The number of halogens is 3. The molecule has 0 spiro atoms. The summed E-state index contributed by atoms with van der Waals surface area (Å²) in [4.78, 5) is 11.2. The molecule has 140 valence electrons. The Labute approximate surface area is 153 Å². The molecule has 0 radical (unpaired) electrons. The molecular formula is C17H16F3N7. The normalized spacial score (nSPS) is 12.0. The number of anilines is 3. The summed E-state index contributed by atoms with van der Waals surface area (Å²) in [5, 5.41) is 10.3. The summed E-state index contributed by atoms with van der Waals surface area (Å²) in [6.45, 7) is 10.8. The molecule has 0 aliphatic carbocycles. The Kier molecular flexibility index (Phi) is 4.39. The first-order valence-corrected chi connectivity index (χ1v) is 7.92. The smallest absolute Gasteiger partial charge is 0.372 e.